The van der Waals surface area contributed by atoms with E-state index in [0.717, 1.165) is 6.54 Å². The number of methoxy groups -OCH3 is 1. The lowest BCUT2D eigenvalue weighted by atomic mass is 9.78. The Hall–Kier alpha value is 0.270. The van der Waals surface area contributed by atoms with E-state index in [1.165, 1.54) is 37.2 Å². The third-order valence-corrected chi connectivity index (χ3v) is 5.55. The molecule has 1 N–H and O–H groups in total. The maximum absolute atomic E-state index is 5.66. The number of rotatable bonds is 4. The first-order chi connectivity index (χ1) is 7.58. The Morgan fingerprint density at radius 3 is 2.56 bits per heavy atom. The van der Waals surface area contributed by atoms with Gasteiger partial charge in [0.05, 0.1) is 5.60 Å². The van der Waals surface area contributed by atoms with Crippen LogP contribution in [0.15, 0.2) is 0 Å². The summed E-state index contributed by atoms with van der Waals surface area (Å²) in [6, 6.07) is 0.652. The van der Waals surface area contributed by atoms with Crippen LogP contribution in [0.2, 0.25) is 0 Å². The molecule has 1 unspecified atom stereocenters. The van der Waals surface area contributed by atoms with Crippen LogP contribution in [0.3, 0.4) is 0 Å². The second-order valence-corrected chi connectivity index (χ2v) is 7.14. The second kappa shape index (κ2) is 4.87. The summed E-state index contributed by atoms with van der Waals surface area (Å²) >= 11 is 2.09. The molecular weight excluding hydrogens is 218 g/mol. The molecule has 1 aliphatic heterocycles. The third-order valence-electron chi connectivity index (χ3n) is 4.49. The van der Waals surface area contributed by atoms with Crippen molar-refractivity contribution in [2.75, 3.05) is 25.2 Å². The molecular formula is C13H25NOS. The molecule has 2 nitrogen and oxygen atoms in total. The smallest absolute Gasteiger partial charge is 0.0802 e. The third kappa shape index (κ3) is 2.57. The number of hydrogen-bond donors (Lipinski definition) is 1. The summed E-state index contributed by atoms with van der Waals surface area (Å²) in [6.07, 6.45) is 5.13. The van der Waals surface area contributed by atoms with Gasteiger partial charge in [0.1, 0.15) is 0 Å². The van der Waals surface area contributed by atoms with E-state index in [1.807, 2.05) is 7.11 Å². The van der Waals surface area contributed by atoms with Gasteiger partial charge in [-0.2, -0.15) is 11.8 Å². The Balaban J connectivity index is 1.84. The molecule has 0 aromatic rings. The van der Waals surface area contributed by atoms with Gasteiger partial charge in [-0.15, -0.1) is 0 Å². The van der Waals surface area contributed by atoms with Crippen molar-refractivity contribution in [3.05, 3.63) is 0 Å². The average Bonchev–Trinajstić information content (AvgIpc) is 2.19. The van der Waals surface area contributed by atoms with Gasteiger partial charge in [0.25, 0.3) is 0 Å². The lowest BCUT2D eigenvalue weighted by Gasteiger charge is -2.45. The Bertz CT molecular complexity index is 233. The fourth-order valence-corrected chi connectivity index (χ4v) is 4.25. The summed E-state index contributed by atoms with van der Waals surface area (Å²) in [6.45, 7) is 5.83. The van der Waals surface area contributed by atoms with Gasteiger partial charge in [-0.1, -0.05) is 13.8 Å². The maximum Gasteiger partial charge on any atom is 0.0802 e. The minimum atomic E-state index is 0.165. The van der Waals surface area contributed by atoms with Gasteiger partial charge >= 0.3 is 0 Å². The maximum atomic E-state index is 5.66. The molecule has 94 valence electrons. The van der Waals surface area contributed by atoms with Crippen LogP contribution in [-0.4, -0.2) is 36.8 Å². The molecule has 16 heavy (non-hydrogen) atoms. The van der Waals surface area contributed by atoms with E-state index in [4.69, 9.17) is 4.74 Å². The van der Waals surface area contributed by atoms with Crippen molar-refractivity contribution in [3.63, 3.8) is 0 Å². The fourth-order valence-electron chi connectivity index (χ4n) is 2.60. The highest BCUT2D eigenvalue weighted by Gasteiger charge is 2.39. The fraction of sp³-hybridized carbons (Fsp3) is 1.00. The van der Waals surface area contributed by atoms with Crippen molar-refractivity contribution < 1.29 is 4.74 Å². The Morgan fingerprint density at radius 2 is 2.06 bits per heavy atom. The van der Waals surface area contributed by atoms with E-state index in [1.54, 1.807) is 0 Å². The van der Waals surface area contributed by atoms with Crippen LogP contribution in [0, 0.1) is 5.41 Å². The van der Waals surface area contributed by atoms with E-state index in [0.29, 0.717) is 11.5 Å². The molecule has 0 aromatic carbocycles. The molecule has 2 rings (SSSR count). The van der Waals surface area contributed by atoms with Crippen LogP contribution in [0.5, 0.6) is 0 Å². The van der Waals surface area contributed by atoms with Crippen molar-refractivity contribution in [2.45, 2.75) is 51.2 Å². The van der Waals surface area contributed by atoms with Gasteiger partial charge in [0.15, 0.2) is 0 Å². The molecule has 0 aromatic heterocycles. The van der Waals surface area contributed by atoms with Crippen molar-refractivity contribution in [1.82, 2.24) is 5.32 Å². The Labute approximate surface area is 104 Å². The number of nitrogens with one attached hydrogen (secondary N) is 1. The van der Waals surface area contributed by atoms with E-state index in [2.05, 4.69) is 30.9 Å². The first kappa shape index (κ1) is 12.7. The number of thioether (sulfide) groups is 1. The zero-order valence-electron chi connectivity index (χ0n) is 10.8. The quantitative estimate of drug-likeness (QED) is 0.820. The summed E-state index contributed by atoms with van der Waals surface area (Å²) in [5.74, 6) is 2.58. The molecule has 0 radical (unpaired) electrons. The number of ether oxygens (including phenoxy) is 1. The molecule has 3 heteroatoms. The van der Waals surface area contributed by atoms with Crippen LogP contribution < -0.4 is 5.32 Å². The summed E-state index contributed by atoms with van der Waals surface area (Å²) < 4.78 is 5.66. The zero-order valence-corrected chi connectivity index (χ0v) is 11.7. The van der Waals surface area contributed by atoms with Gasteiger partial charge in [0, 0.05) is 25.4 Å². The standard InChI is InChI=1S/C13H25NOS/c1-12(2)7-8-16-9-11(12)14-10-13(15-3)5-4-6-13/h11,14H,4-10H2,1-3H3. The molecule has 0 bridgehead atoms. The summed E-state index contributed by atoms with van der Waals surface area (Å²) in [5, 5.41) is 3.76. The lowest BCUT2D eigenvalue weighted by Crippen LogP contribution is -2.55. The van der Waals surface area contributed by atoms with Crippen molar-refractivity contribution in [3.8, 4) is 0 Å². The molecule has 1 saturated heterocycles. The van der Waals surface area contributed by atoms with E-state index < -0.39 is 0 Å². The van der Waals surface area contributed by atoms with Crippen LogP contribution >= 0.6 is 11.8 Å². The van der Waals surface area contributed by atoms with Gasteiger partial charge in [-0.25, -0.2) is 0 Å². The SMILES string of the molecule is COC1(CNC2CSCCC2(C)C)CCC1. The summed E-state index contributed by atoms with van der Waals surface area (Å²) in [7, 11) is 1.86. The monoisotopic (exact) mass is 243 g/mol. The summed E-state index contributed by atoms with van der Waals surface area (Å²) in [5.41, 5.74) is 0.613. The molecule has 0 amide bonds. The first-order valence-electron chi connectivity index (χ1n) is 6.44. The second-order valence-electron chi connectivity index (χ2n) is 5.99. The zero-order chi connectivity index (χ0) is 11.6. The van der Waals surface area contributed by atoms with Crippen molar-refractivity contribution >= 4 is 11.8 Å². The minimum absolute atomic E-state index is 0.165. The van der Waals surface area contributed by atoms with Crippen LogP contribution in [0.1, 0.15) is 39.5 Å². The largest absolute Gasteiger partial charge is 0.377 e. The van der Waals surface area contributed by atoms with Crippen LogP contribution in [0.4, 0.5) is 0 Å². The highest BCUT2D eigenvalue weighted by atomic mass is 32.2. The molecule has 1 heterocycles. The molecule has 1 saturated carbocycles. The highest BCUT2D eigenvalue weighted by Crippen LogP contribution is 2.37. The molecule has 2 aliphatic rings. The summed E-state index contributed by atoms with van der Waals surface area (Å²) in [4.78, 5) is 0. The minimum Gasteiger partial charge on any atom is -0.377 e. The predicted molar refractivity (Wildman–Crippen MR) is 71.1 cm³/mol. The first-order valence-corrected chi connectivity index (χ1v) is 7.60. The van der Waals surface area contributed by atoms with Gasteiger partial charge in [0.2, 0.25) is 0 Å². The topological polar surface area (TPSA) is 21.3 Å². The highest BCUT2D eigenvalue weighted by molar-refractivity contribution is 7.99. The van der Waals surface area contributed by atoms with Crippen molar-refractivity contribution in [2.24, 2.45) is 5.41 Å². The van der Waals surface area contributed by atoms with E-state index in [-0.39, 0.29) is 5.60 Å². The molecule has 2 fully saturated rings. The Kier molecular flexibility index (Phi) is 3.87. The normalized spacial score (nSPS) is 32.1. The Morgan fingerprint density at radius 1 is 1.31 bits per heavy atom. The van der Waals surface area contributed by atoms with Gasteiger partial charge in [-0.3, -0.25) is 0 Å². The molecule has 0 spiro atoms. The van der Waals surface area contributed by atoms with Crippen molar-refractivity contribution in [1.29, 1.82) is 0 Å². The van der Waals surface area contributed by atoms with Gasteiger partial charge < -0.3 is 10.1 Å². The van der Waals surface area contributed by atoms with E-state index >= 15 is 0 Å². The van der Waals surface area contributed by atoms with Crippen LogP contribution in [0.25, 0.3) is 0 Å². The van der Waals surface area contributed by atoms with E-state index in [9.17, 15) is 0 Å². The van der Waals surface area contributed by atoms with Gasteiger partial charge in [-0.05, 0) is 36.9 Å². The number of hydrogen-bond acceptors (Lipinski definition) is 3. The predicted octanol–water partition coefficient (Wildman–Crippen LogP) is 2.68. The molecule has 1 atom stereocenters. The lowest BCUT2D eigenvalue weighted by molar-refractivity contribution is -0.0724. The van der Waals surface area contributed by atoms with Crippen LogP contribution in [-0.2, 0) is 4.74 Å². The molecule has 1 aliphatic carbocycles. The average molecular weight is 243 g/mol.